The summed E-state index contributed by atoms with van der Waals surface area (Å²) >= 11 is 0. The molecule has 102 valence electrons. The van der Waals surface area contributed by atoms with Crippen LogP contribution in [0.15, 0.2) is 0 Å². The number of carbonyl (C=O) groups excluding carboxylic acids is 2. The molecule has 2 fully saturated rings. The maximum Gasteiger partial charge on any atom is 0.317 e. The topological polar surface area (TPSA) is 64.7 Å². The summed E-state index contributed by atoms with van der Waals surface area (Å²) in [4.78, 5) is 27.1. The first-order valence-electron chi connectivity index (χ1n) is 6.53. The van der Waals surface area contributed by atoms with Crippen LogP contribution in [0.5, 0.6) is 0 Å². The van der Waals surface area contributed by atoms with Gasteiger partial charge in [0.1, 0.15) is 0 Å². The third-order valence-corrected chi connectivity index (χ3v) is 3.74. The van der Waals surface area contributed by atoms with Gasteiger partial charge in [0.05, 0.1) is 0 Å². The van der Waals surface area contributed by atoms with Gasteiger partial charge < -0.3 is 15.5 Å². The molecule has 0 radical (unpaired) electrons. The van der Waals surface area contributed by atoms with E-state index in [1.807, 2.05) is 4.90 Å². The molecule has 0 spiro atoms. The summed E-state index contributed by atoms with van der Waals surface area (Å²) in [6, 6.07) is 0.0248. The van der Waals surface area contributed by atoms with Crippen molar-refractivity contribution in [2.24, 2.45) is 0 Å². The number of hydrogen-bond donors (Lipinski definition) is 2. The largest absolute Gasteiger partial charge is 0.355 e. The van der Waals surface area contributed by atoms with Gasteiger partial charge >= 0.3 is 6.03 Å². The lowest BCUT2D eigenvalue weighted by molar-refractivity contribution is -0.122. The minimum atomic E-state index is -0.142. The fraction of sp³-hybridized carbons (Fsp3) is 0.833. The zero-order valence-electron chi connectivity index (χ0n) is 11.2. The van der Waals surface area contributed by atoms with Gasteiger partial charge in [0.15, 0.2) is 0 Å². The third-order valence-electron chi connectivity index (χ3n) is 3.74. The van der Waals surface area contributed by atoms with E-state index in [1.165, 1.54) is 0 Å². The Morgan fingerprint density at radius 1 is 1.11 bits per heavy atom. The van der Waals surface area contributed by atoms with Gasteiger partial charge in [-0.15, -0.1) is 0 Å². The number of carbonyl (C=O) groups is 2. The van der Waals surface area contributed by atoms with Gasteiger partial charge in [-0.25, -0.2) is 4.79 Å². The lowest BCUT2D eigenvalue weighted by Crippen LogP contribution is -2.48. The second-order valence-electron chi connectivity index (χ2n) is 5.55. The van der Waals surface area contributed by atoms with Crippen LogP contribution in [-0.2, 0) is 4.79 Å². The fourth-order valence-electron chi connectivity index (χ4n) is 2.58. The van der Waals surface area contributed by atoms with E-state index in [-0.39, 0.29) is 17.5 Å². The summed E-state index contributed by atoms with van der Waals surface area (Å²) in [5.41, 5.74) is -0.142. The van der Waals surface area contributed by atoms with Crippen molar-refractivity contribution in [1.29, 1.82) is 0 Å². The van der Waals surface area contributed by atoms with E-state index in [9.17, 15) is 9.59 Å². The molecule has 2 rings (SSSR count). The number of rotatable bonds is 3. The molecular formula is C12H22N4O2. The molecule has 0 aliphatic carbocycles. The Kier molecular flexibility index (Phi) is 3.75. The summed E-state index contributed by atoms with van der Waals surface area (Å²) in [5, 5.41) is 5.69. The fourth-order valence-corrected chi connectivity index (χ4v) is 2.58. The van der Waals surface area contributed by atoms with Crippen molar-refractivity contribution in [3.63, 3.8) is 0 Å². The molecule has 6 nitrogen and oxygen atoms in total. The second-order valence-corrected chi connectivity index (χ2v) is 5.55. The molecule has 6 heteroatoms. The van der Waals surface area contributed by atoms with Crippen LogP contribution >= 0.6 is 0 Å². The Hall–Kier alpha value is -1.30. The van der Waals surface area contributed by atoms with Crippen molar-refractivity contribution in [3.8, 4) is 0 Å². The number of nitrogens with zero attached hydrogens (tertiary/aromatic N) is 2. The summed E-state index contributed by atoms with van der Waals surface area (Å²) in [5.74, 6) is 0.112. The molecule has 0 aromatic carbocycles. The van der Waals surface area contributed by atoms with Gasteiger partial charge in [-0.3, -0.25) is 9.69 Å². The summed E-state index contributed by atoms with van der Waals surface area (Å²) in [6.07, 6.45) is 0.513. The van der Waals surface area contributed by atoms with Crippen LogP contribution in [0.2, 0.25) is 0 Å². The molecule has 3 amide bonds. The molecule has 2 aliphatic rings. The first-order valence-corrected chi connectivity index (χ1v) is 6.53. The standard InChI is InChI=1S/C12H22N4O2/c1-12(2)9-10(17)13-4-6-16(12)8-7-15-5-3-14-11(15)18/h3-9H2,1-2H3,(H,13,17)(H,14,18). The maximum atomic E-state index is 11.5. The quantitative estimate of drug-likeness (QED) is 0.721. The van der Waals surface area contributed by atoms with Crippen LogP contribution < -0.4 is 10.6 Å². The second kappa shape index (κ2) is 5.14. The molecule has 2 saturated heterocycles. The Bertz CT molecular complexity index is 343. The highest BCUT2D eigenvalue weighted by atomic mass is 16.2. The first-order chi connectivity index (χ1) is 8.49. The van der Waals surface area contributed by atoms with E-state index in [2.05, 4.69) is 29.4 Å². The summed E-state index contributed by atoms with van der Waals surface area (Å²) in [6.45, 7) is 8.76. The number of amides is 3. The number of hydrogen-bond acceptors (Lipinski definition) is 3. The number of urea groups is 1. The molecule has 0 aromatic rings. The molecule has 2 N–H and O–H groups in total. The van der Waals surface area contributed by atoms with Crippen LogP contribution in [0.4, 0.5) is 4.79 Å². The van der Waals surface area contributed by atoms with Gasteiger partial charge in [-0.2, -0.15) is 0 Å². The van der Waals surface area contributed by atoms with Crippen molar-refractivity contribution in [2.45, 2.75) is 25.8 Å². The van der Waals surface area contributed by atoms with Crippen molar-refractivity contribution in [2.75, 3.05) is 39.3 Å². The van der Waals surface area contributed by atoms with Gasteiger partial charge in [0.2, 0.25) is 5.91 Å². The van der Waals surface area contributed by atoms with Crippen LogP contribution in [-0.4, -0.2) is 66.5 Å². The van der Waals surface area contributed by atoms with Crippen LogP contribution in [0.3, 0.4) is 0 Å². The zero-order chi connectivity index (χ0) is 13.2. The predicted molar refractivity (Wildman–Crippen MR) is 68.3 cm³/mol. The molecule has 0 saturated carbocycles. The summed E-state index contributed by atoms with van der Waals surface area (Å²) < 4.78 is 0. The third kappa shape index (κ3) is 2.93. The maximum absolute atomic E-state index is 11.5. The molecule has 0 atom stereocenters. The van der Waals surface area contributed by atoms with Gasteiger partial charge in [0, 0.05) is 51.2 Å². The van der Waals surface area contributed by atoms with Crippen molar-refractivity contribution >= 4 is 11.9 Å². The lowest BCUT2D eigenvalue weighted by Gasteiger charge is -2.36. The predicted octanol–water partition coefficient (Wildman–Crippen LogP) is -0.388. The Morgan fingerprint density at radius 3 is 2.50 bits per heavy atom. The van der Waals surface area contributed by atoms with E-state index in [0.717, 1.165) is 32.7 Å². The molecular weight excluding hydrogens is 232 g/mol. The zero-order valence-corrected chi connectivity index (χ0v) is 11.2. The average Bonchev–Trinajstić information content (AvgIpc) is 2.62. The van der Waals surface area contributed by atoms with Crippen LogP contribution in [0, 0.1) is 0 Å². The normalized spacial score (nSPS) is 24.7. The van der Waals surface area contributed by atoms with Gasteiger partial charge in [-0.05, 0) is 13.8 Å². The van der Waals surface area contributed by atoms with Gasteiger partial charge in [-0.1, -0.05) is 0 Å². The first kappa shape index (κ1) is 13.1. The van der Waals surface area contributed by atoms with E-state index in [4.69, 9.17) is 0 Å². The number of nitrogens with one attached hydrogen (secondary N) is 2. The van der Waals surface area contributed by atoms with Crippen molar-refractivity contribution in [3.05, 3.63) is 0 Å². The molecule has 2 aliphatic heterocycles. The van der Waals surface area contributed by atoms with Gasteiger partial charge in [0.25, 0.3) is 0 Å². The molecule has 18 heavy (non-hydrogen) atoms. The summed E-state index contributed by atoms with van der Waals surface area (Å²) in [7, 11) is 0. The highest BCUT2D eigenvalue weighted by molar-refractivity contribution is 5.77. The smallest absolute Gasteiger partial charge is 0.317 e. The Labute approximate surface area is 108 Å². The van der Waals surface area contributed by atoms with Crippen molar-refractivity contribution in [1.82, 2.24) is 20.4 Å². The Balaban J connectivity index is 1.90. The van der Waals surface area contributed by atoms with Crippen molar-refractivity contribution < 1.29 is 9.59 Å². The molecule has 0 unspecified atom stereocenters. The van der Waals surface area contributed by atoms with E-state index >= 15 is 0 Å². The highest BCUT2D eigenvalue weighted by Gasteiger charge is 2.32. The van der Waals surface area contributed by atoms with Crippen LogP contribution in [0.25, 0.3) is 0 Å². The van der Waals surface area contributed by atoms with Crippen LogP contribution in [0.1, 0.15) is 20.3 Å². The van der Waals surface area contributed by atoms with E-state index < -0.39 is 0 Å². The van der Waals surface area contributed by atoms with E-state index in [0.29, 0.717) is 13.0 Å². The van der Waals surface area contributed by atoms with E-state index in [1.54, 1.807) is 0 Å². The minimum absolute atomic E-state index is 0.0248. The highest BCUT2D eigenvalue weighted by Crippen LogP contribution is 2.20. The average molecular weight is 254 g/mol. The minimum Gasteiger partial charge on any atom is -0.355 e. The Morgan fingerprint density at radius 2 is 1.83 bits per heavy atom. The SMILES string of the molecule is CC1(C)CC(=O)NCCN1CCN1CCNC1=O. The molecule has 0 aromatic heterocycles. The molecule has 0 bridgehead atoms. The lowest BCUT2D eigenvalue weighted by atomic mass is 9.98. The monoisotopic (exact) mass is 254 g/mol. The molecule has 2 heterocycles.